The van der Waals surface area contributed by atoms with Gasteiger partial charge in [0, 0.05) is 31.7 Å². The highest BCUT2D eigenvalue weighted by molar-refractivity contribution is 5.89. The molecule has 0 unspecified atom stereocenters. The van der Waals surface area contributed by atoms with Gasteiger partial charge in [0.15, 0.2) is 0 Å². The number of nitrogens with zero attached hydrogens (tertiary/aromatic N) is 1. The van der Waals surface area contributed by atoms with Crippen LogP contribution >= 0.6 is 0 Å². The van der Waals surface area contributed by atoms with E-state index in [0.717, 1.165) is 31.2 Å². The Bertz CT molecular complexity index is 880. The molecule has 3 N–H and O–H groups in total. The van der Waals surface area contributed by atoms with E-state index in [1.54, 1.807) is 17.2 Å². The molecule has 0 aliphatic carbocycles. The Hall–Kier alpha value is -2.78. The Morgan fingerprint density at radius 3 is 2.27 bits per heavy atom. The molecule has 4 rings (SSSR count). The van der Waals surface area contributed by atoms with Crippen LogP contribution in [0.25, 0.3) is 0 Å². The van der Waals surface area contributed by atoms with Gasteiger partial charge in [-0.05, 0) is 43.4 Å². The van der Waals surface area contributed by atoms with Crippen molar-refractivity contribution in [2.24, 2.45) is 0 Å². The van der Waals surface area contributed by atoms with Crippen LogP contribution in [0.3, 0.4) is 0 Å². The van der Waals surface area contributed by atoms with Crippen LogP contribution in [-0.4, -0.2) is 54.7 Å². The summed E-state index contributed by atoms with van der Waals surface area (Å²) in [5.74, 6) is -0.307. The lowest BCUT2D eigenvalue weighted by Gasteiger charge is -2.33. The standard InChI is InChI=1S/C25H32N4O4/c30-24(23-12-11-22(17-26-23)28-32-18-19-7-3-1-4-8-19)27-21-13-15-29(16-14-21)33-25(31)20-9-5-2-6-10-20/h1-10,21-23,26,28H,11-18H2,(H,27,30)/t22-,23+/m1/s1. The van der Waals surface area contributed by atoms with E-state index in [1.807, 2.05) is 48.5 Å². The van der Waals surface area contributed by atoms with E-state index in [1.165, 1.54) is 0 Å². The molecule has 0 spiro atoms. The van der Waals surface area contributed by atoms with Crippen molar-refractivity contribution >= 4 is 11.9 Å². The van der Waals surface area contributed by atoms with E-state index in [2.05, 4.69) is 16.1 Å². The van der Waals surface area contributed by atoms with Crippen LogP contribution in [0.1, 0.15) is 41.6 Å². The third-order valence-electron chi connectivity index (χ3n) is 6.08. The van der Waals surface area contributed by atoms with Crippen molar-refractivity contribution < 1.29 is 19.3 Å². The van der Waals surface area contributed by atoms with E-state index in [4.69, 9.17) is 9.68 Å². The van der Waals surface area contributed by atoms with E-state index >= 15 is 0 Å². The summed E-state index contributed by atoms with van der Waals surface area (Å²) in [7, 11) is 0. The normalized spacial score (nSPS) is 21.9. The van der Waals surface area contributed by atoms with Crippen molar-refractivity contribution in [2.75, 3.05) is 19.6 Å². The Morgan fingerprint density at radius 2 is 1.61 bits per heavy atom. The number of piperidine rings is 2. The molecule has 8 nitrogen and oxygen atoms in total. The minimum atomic E-state index is -0.347. The highest BCUT2D eigenvalue weighted by Crippen LogP contribution is 2.15. The third-order valence-corrected chi connectivity index (χ3v) is 6.08. The molecule has 0 aromatic heterocycles. The zero-order valence-electron chi connectivity index (χ0n) is 18.7. The van der Waals surface area contributed by atoms with E-state index in [0.29, 0.717) is 31.8 Å². The number of carbonyl (C=O) groups excluding carboxylic acids is 2. The molecule has 2 aliphatic rings. The van der Waals surface area contributed by atoms with Crippen LogP contribution in [-0.2, 0) is 21.1 Å². The molecule has 2 aliphatic heterocycles. The second kappa shape index (κ2) is 11.9. The molecule has 176 valence electrons. The van der Waals surface area contributed by atoms with Crippen LogP contribution in [0.2, 0.25) is 0 Å². The van der Waals surface area contributed by atoms with Gasteiger partial charge in [0.05, 0.1) is 18.2 Å². The molecule has 2 aromatic carbocycles. The maximum absolute atomic E-state index is 12.7. The number of nitrogens with one attached hydrogen (secondary N) is 3. The molecule has 2 atom stereocenters. The highest BCUT2D eigenvalue weighted by Gasteiger charge is 2.29. The van der Waals surface area contributed by atoms with E-state index in [-0.39, 0.29) is 30.0 Å². The third kappa shape index (κ3) is 7.10. The second-order valence-corrected chi connectivity index (χ2v) is 8.58. The molecule has 2 aromatic rings. The Labute approximate surface area is 194 Å². The molecule has 0 bridgehead atoms. The monoisotopic (exact) mass is 452 g/mol. The smallest absolute Gasteiger partial charge is 0.357 e. The first kappa shape index (κ1) is 23.4. The fourth-order valence-corrected chi connectivity index (χ4v) is 4.14. The first-order chi connectivity index (χ1) is 16.2. The molecule has 1 amide bonds. The SMILES string of the molecule is O=C(ON1CCC(NC(=O)[C@@H]2CC[C@@H](NOCc3ccccc3)CN2)CC1)c1ccccc1. The van der Waals surface area contributed by atoms with Crippen molar-refractivity contribution in [2.45, 2.75) is 50.4 Å². The number of carbonyl (C=O) groups is 2. The topological polar surface area (TPSA) is 91.9 Å². The van der Waals surface area contributed by atoms with Gasteiger partial charge in [-0.25, -0.2) is 4.79 Å². The number of benzene rings is 2. The lowest BCUT2D eigenvalue weighted by atomic mass is 9.99. The largest absolute Gasteiger partial charge is 0.364 e. The van der Waals surface area contributed by atoms with E-state index < -0.39 is 0 Å². The first-order valence-corrected chi connectivity index (χ1v) is 11.6. The summed E-state index contributed by atoms with van der Waals surface area (Å²) >= 11 is 0. The van der Waals surface area contributed by atoms with Gasteiger partial charge in [-0.2, -0.15) is 5.48 Å². The summed E-state index contributed by atoms with van der Waals surface area (Å²) in [5, 5.41) is 8.16. The van der Waals surface area contributed by atoms with Crippen molar-refractivity contribution in [1.29, 1.82) is 0 Å². The number of hydroxylamine groups is 3. The summed E-state index contributed by atoms with van der Waals surface area (Å²) in [6.07, 6.45) is 3.12. The lowest BCUT2D eigenvalue weighted by Crippen LogP contribution is -2.56. The Balaban J connectivity index is 1.11. The van der Waals surface area contributed by atoms with Gasteiger partial charge < -0.3 is 15.5 Å². The molecule has 8 heteroatoms. The molecule has 33 heavy (non-hydrogen) atoms. The van der Waals surface area contributed by atoms with Gasteiger partial charge in [0.2, 0.25) is 5.91 Å². The fraction of sp³-hybridized carbons (Fsp3) is 0.440. The Kier molecular flexibility index (Phi) is 8.43. The summed E-state index contributed by atoms with van der Waals surface area (Å²) in [6, 6.07) is 19.1. The summed E-state index contributed by atoms with van der Waals surface area (Å²) in [5.41, 5.74) is 4.76. The molecular formula is C25H32N4O4. The van der Waals surface area contributed by atoms with Crippen molar-refractivity contribution in [3.63, 3.8) is 0 Å². The predicted octanol–water partition coefficient (Wildman–Crippen LogP) is 2.18. The predicted molar refractivity (Wildman–Crippen MR) is 124 cm³/mol. The van der Waals surface area contributed by atoms with Gasteiger partial charge in [-0.15, -0.1) is 5.06 Å². The molecule has 2 heterocycles. The van der Waals surface area contributed by atoms with Crippen molar-refractivity contribution in [3.8, 4) is 0 Å². The molecular weight excluding hydrogens is 420 g/mol. The molecule has 2 fully saturated rings. The van der Waals surface area contributed by atoms with Gasteiger partial charge in [-0.3, -0.25) is 9.63 Å². The minimum absolute atomic E-state index is 0.0402. The Morgan fingerprint density at radius 1 is 0.909 bits per heavy atom. The average Bonchev–Trinajstić information content (AvgIpc) is 2.87. The first-order valence-electron chi connectivity index (χ1n) is 11.6. The number of rotatable bonds is 8. The summed E-state index contributed by atoms with van der Waals surface area (Å²) in [4.78, 5) is 36.0. The van der Waals surface area contributed by atoms with Gasteiger partial charge in [-0.1, -0.05) is 48.5 Å². The van der Waals surface area contributed by atoms with E-state index in [9.17, 15) is 9.59 Å². The lowest BCUT2D eigenvalue weighted by molar-refractivity contribution is -0.132. The average molecular weight is 453 g/mol. The quantitative estimate of drug-likeness (QED) is 0.529. The maximum Gasteiger partial charge on any atom is 0.357 e. The van der Waals surface area contributed by atoms with Crippen LogP contribution in [0.4, 0.5) is 0 Å². The summed E-state index contributed by atoms with van der Waals surface area (Å²) < 4.78 is 0. The van der Waals surface area contributed by atoms with Crippen LogP contribution < -0.4 is 16.1 Å². The van der Waals surface area contributed by atoms with Crippen molar-refractivity contribution in [3.05, 3.63) is 71.8 Å². The van der Waals surface area contributed by atoms with Gasteiger partial charge in [0.1, 0.15) is 0 Å². The summed E-state index contributed by atoms with van der Waals surface area (Å²) in [6.45, 7) is 2.40. The fourth-order valence-electron chi connectivity index (χ4n) is 4.14. The number of hydrogen-bond donors (Lipinski definition) is 3. The number of hydrogen-bond acceptors (Lipinski definition) is 7. The van der Waals surface area contributed by atoms with Crippen LogP contribution in [0, 0.1) is 0 Å². The zero-order chi connectivity index (χ0) is 22.9. The highest BCUT2D eigenvalue weighted by atomic mass is 16.7. The van der Waals surface area contributed by atoms with Crippen molar-refractivity contribution in [1.82, 2.24) is 21.2 Å². The number of amides is 1. The molecule has 0 saturated carbocycles. The maximum atomic E-state index is 12.7. The van der Waals surface area contributed by atoms with Gasteiger partial charge >= 0.3 is 5.97 Å². The molecule has 0 radical (unpaired) electrons. The van der Waals surface area contributed by atoms with Gasteiger partial charge in [0.25, 0.3) is 0 Å². The second-order valence-electron chi connectivity index (χ2n) is 8.58. The van der Waals surface area contributed by atoms with Crippen LogP contribution in [0.15, 0.2) is 60.7 Å². The zero-order valence-corrected chi connectivity index (χ0v) is 18.7. The molecule has 2 saturated heterocycles. The van der Waals surface area contributed by atoms with Crippen LogP contribution in [0.5, 0.6) is 0 Å². The minimum Gasteiger partial charge on any atom is -0.364 e.